The molecule has 0 aromatic rings. The minimum Gasteiger partial charge on any atom is -0.303 e. The second-order valence-corrected chi connectivity index (χ2v) is 6.19. The molecule has 3 unspecified atom stereocenters. The first-order valence-electron chi connectivity index (χ1n) is 7.52. The molecule has 2 fully saturated rings. The van der Waals surface area contributed by atoms with Crippen molar-refractivity contribution in [3.8, 4) is 0 Å². The van der Waals surface area contributed by atoms with Gasteiger partial charge in [0.05, 0.1) is 0 Å². The third-order valence-corrected chi connectivity index (χ3v) is 4.95. The van der Waals surface area contributed by atoms with E-state index in [1.54, 1.807) is 0 Å². The van der Waals surface area contributed by atoms with Gasteiger partial charge >= 0.3 is 0 Å². The van der Waals surface area contributed by atoms with Crippen molar-refractivity contribution in [3.63, 3.8) is 0 Å². The van der Waals surface area contributed by atoms with Gasteiger partial charge in [-0.15, -0.1) is 0 Å². The standard InChI is InChI=1S/C15H29N/c1-3-15-8-7-14(11-13(15)2)12-16-9-5-4-6-10-16/h13-15H,3-12H2,1-2H3. The highest BCUT2D eigenvalue weighted by Crippen LogP contribution is 2.35. The molecule has 3 atom stereocenters. The van der Waals surface area contributed by atoms with Gasteiger partial charge in [0.1, 0.15) is 0 Å². The van der Waals surface area contributed by atoms with Crippen LogP contribution in [0.3, 0.4) is 0 Å². The number of nitrogens with zero attached hydrogens (tertiary/aromatic N) is 1. The average Bonchev–Trinajstić information content (AvgIpc) is 2.31. The van der Waals surface area contributed by atoms with Gasteiger partial charge in [-0.25, -0.2) is 0 Å². The first kappa shape index (κ1) is 12.4. The lowest BCUT2D eigenvalue weighted by Gasteiger charge is -2.37. The minimum absolute atomic E-state index is 0.980. The van der Waals surface area contributed by atoms with Crippen LogP contribution in [0.15, 0.2) is 0 Å². The summed E-state index contributed by atoms with van der Waals surface area (Å²) in [4.78, 5) is 2.73. The third-order valence-electron chi connectivity index (χ3n) is 4.95. The Morgan fingerprint density at radius 2 is 1.81 bits per heavy atom. The average molecular weight is 223 g/mol. The molecule has 1 saturated carbocycles. The van der Waals surface area contributed by atoms with Crippen LogP contribution in [0.1, 0.15) is 58.8 Å². The van der Waals surface area contributed by atoms with Crippen LogP contribution >= 0.6 is 0 Å². The highest BCUT2D eigenvalue weighted by molar-refractivity contribution is 4.79. The first-order chi connectivity index (χ1) is 7.79. The summed E-state index contributed by atoms with van der Waals surface area (Å²) in [7, 11) is 0. The molecule has 1 heterocycles. The van der Waals surface area contributed by atoms with E-state index in [1.165, 1.54) is 64.6 Å². The van der Waals surface area contributed by atoms with E-state index in [0.717, 1.165) is 17.8 Å². The smallest absolute Gasteiger partial charge is 0.000976 e. The van der Waals surface area contributed by atoms with E-state index in [9.17, 15) is 0 Å². The highest BCUT2D eigenvalue weighted by Gasteiger charge is 2.27. The molecular formula is C15H29N. The van der Waals surface area contributed by atoms with E-state index in [2.05, 4.69) is 18.7 Å². The Bertz CT molecular complexity index is 196. The first-order valence-corrected chi connectivity index (χ1v) is 7.52. The SMILES string of the molecule is CCC1CCC(CN2CCCCC2)CC1C. The van der Waals surface area contributed by atoms with Crippen molar-refractivity contribution < 1.29 is 0 Å². The molecule has 2 rings (SSSR count). The fourth-order valence-corrected chi connectivity index (χ4v) is 3.85. The summed E-state index contributed by atoms with van der Waals surface area (Å²) in [6.45, 7) is 9.01. The predicted octanol–water partition coefficient (Wildman–Crippen LogP) is 3.93. The van der Waals surface area contributed by atoms with Gasteiger partial charge in [-0.1, -0.05) is 26.7 Å². The number of hydrogen-bond donors (Lipinski definition) is 0. The molecule has 0 radical (unpaired) electrons. The summed E-state index contributed by atoms with van der Waals surface area (Å²) in [5.74, 6) is 3.02. The molecule has 2 aliphatic rings. The molecule has 1 nitrogen and oxygen atoms in total. The predicted molar refractivity (Wildman–Crippen MR) is 70.6 cm³/mol. The van der Waals surface area contributed by atoms with Crippen LogP contribution in [0.25, 0.3) is 0 Å². The van der Waals surface area contributed by atoms with Crippen LogP contribution < -0.4 is 0 Å². The van der Waals surface area contributed by atoms with Crippen LogP contribution in [0.2, 0.25) is 0 Å². The third kappa shape index (κ3) is 3.23. The maximum Gasteiger partial charge on any atom is 0.000976 e. The van der Waals surface area contributed by atoms with Crippen molar-refractivity contribution in [2.45, 2.75) is 58.8 Å². The van der Waals surface area contributed by atoms with E-state index in [4.69, 9.17) is 0 Å². The van der Waals surface area contributed by atoms with Crippen molar-refractivity contribution in [1.82, 2.24) is 4.90 Å². The van der Waals surface area contributed by atoms with E-state index < -0.39 is 0 Å². The number of piperidine rings is 1. The van der Waals surface area contributed by atoms with Gasteiger partial charge in [-0.3, -0.25) is 0 Å². The summed E-state index contributed by atoms with van der Waals surface area (Å²) in [5, 5.41) is 0. The topological polar surface area (TPSA) is 3.24 Å². The zero-order chi connectivity index (χ0) is 11.4. The summed E-state index contributed by atoms with van der Waals surface area (Å²) < 4.78 is 0. The molecule has 0 aromatic heterocycles. The van der Waals surface area contributed by atoms with Crippen molar-refractivity contribution in [3.05, 3.63) is 0 Å². The van der Waals surface area contributed by atoms with E-state index in [0.29, 0.717) is 0 Å². The molecule has 94 valence electrons. The molecular weight excluding hydrogens is 194 g/mol. The van der Waals surface area contributed by atoms with Crippen molar-refractivity contribution >= 4 is 0 Å². The maximum atomic E-state index is 2.73. The summed E-state index contributed by atoms with van der Waals surface area (Å²) >= 11 is 0. The molecule has 0 spiro atoms. The van der Waals surface area contributed by atoms with Crippen molar-refractivity contribution in [2.24, 2.45) is 17.8 Å². The Labute approximate surface area is 102 Å². The van der Waals surface area contributed by atoms with Crippen LogP contribution in [0, 0.1) is 17.8 Å². The lowest BCUT2D eigenvalue weighted by molar-refractivity contribution is 0.128. The van der Waals surface area contributed by atoms with Crippen LogP contribution in [0.4, 0.5) is 0 Å². The monoisotopic (exact) mass is 223 g/mol. The number of hydrogen-bond acceptors (Lipinski definition) is 1. The van der Waals surface area contributed by atoms with Gasteiger partial charge in [0.15, 0.2) is 0 Å². The van der Waals surface area contributed by atoms with Crippen molar-refractivity contribution in [1.29, 1.82) is 0 Å². The second kappa shape index (κ2) is 6.05. The van der Waals surface area contributed by atoms with Crippen LogP contribution in [0.5, 0.6) is 0 Å². The quantitative estimate of drug-likeness (QED) is 0.700. The van der Waals surface area contributed by atoms with E-state index >= 15 is 0 Å². The number of rotatable bonds is 3. The minimum atomic E-state index is 0.980. The molecule has 1 saturated heterocycles. The molecule has 0 aromatic carbocycles. The summed E-state index contributed by atoms with van der Waals surface area (Å²) in [5.41, 5.74) is 0. The fraction of sp³-hybridized carbons (Fsp3) is 1.00. The summed E-state index contributed by atoms with van der Waals surface area (Å²) in [6.07, 6.45) is 10.2. The Morgan fingerprint density at radius 1 is 1.06 bits per heavy atom. The molecule has 0 bridgehead atoms. The molecule has 0 amide bonds. The summed E-state index contributed by atoms with van der Waals surface area (Å²) in [6, 6.07) is 0. The maximum absolute atomic E-state index is 2.73. The zero-order valence-electron chi connectivity index (χ0n) is 11.3. The lowest BCUT2D eigenvalue weighted by atomic mass is 9.73. The molecule has 0 N–H and O–H groups in total. The zero-order valence-corrected chi connectivity index (χ0v) is 11.3. The Balaban J connectivity index is 1.74. The Morgan fingerprint density at radius 3 is 2.44 bits per heavy atom. The number of likely N-dealkylation sites (tertiary alicyclic amines) is 1. The van der Waals surface area contributed by atoms with Crippen LogP contribution in [-0.2, 0) is 0 Å². The normalized spacial score (nSPS) is 37.5. The van der Waals surface area contributed by atoms with E-state index in [-0.39, 0.29) is 0 Å². The highest BCUT2D eigenvalue weighted by atomic mass is 15.1. The van der Waals surface area contributed by atoms with Gasteiger partial charge in [0.25, 0.3) is 0 Å². The molecule has 1 aliphatic carbocycles. The molecule has 16 heavy (non-hydrogen) atoms. The molecule has 1 heteroatoms. The Hall–Kier alpha value is -0.0400. The Kier molecular flexibility index (Phi) is 4.69. The van der Waals surface area contributed by atoms with Crippen LogP contribution in [-0.4, -0.2) is 24.5 Å². The van der Waals surface area contributed by atoms with Gasteiger partial charge < -0.3 is 4.90 Å². The van der Waals surface area contributed by atoms with Crippen molar-refractivity contribution in [2.75, 3.05) is 19.6 Å². The fourth-order valence-electron chi connectivity index (χ4n) is 3.85. The van der Waals surface area contributed by atoms with Gasteiger partial charge in [0.2, 0.25) is 0 Å². The van der Waals surface area contributed by atoms with Gasteiger partial charge in [0, 0.05) is 6.54 Å². The van der Waals surface area contributed by atoms with Gasteiger partial charge in [-0.05, 0) is 62.9 Å². The van der Waals surface area contributed by atoms with E-state index in [1.807, 2.05) is 0 Å². The second-order valence-electron chi connectivity index (χ2n) is 6.19. The lowest BCUT2D eigenvalue weighted by Crippen LogP contribution is -2.36. The molecule has 1 aliphatic heterocycles. The largest absolute Gasteiger partial charge is 0.303 e. The van der Waals surface area contributed by atoms with Gasteiger partial charge in [-0.2, -0.15) is 0 Å².